The van der Waals surface area contributed by atoms with E-state index >= 15 is 0 Å². The third-order valence-electron chi connectivity index (χ3n) is 3.78. The monoisotopic (exact) mass is 271 g/mol. The first-order valence-corrected chi connectivity index (χ1v) is 7.02. The van der Waals surface area contributed by atoms with Crippen molar-refractivity contribution in [1.82, 2.24) is 15.5 Å². The van der Waals surface area contributed by atoms with Crippen molar-refractivity contribution in [3.63, 3.8) is 0 Å². The summed E-state index contributed by atoms with van der Waals surface area (Å²) in [6.07, 6.45) is -0.353. The van der Waals surface area contributed by atoms with Crippen molar-refractivity contribution in [3.05, 3.63) is 0 Å². The van der Waals surface area contributed by atoms with Gasteiger partial charge in [-0.2, -0.15) is 0 Å². The number of hydrogen-bond acceptors (Lipinski definition) is 5. The van der Waals surface area contributed by atoms with Gasteiger partial charge in [-0.1, -0.05) is 0 Å². The first-order valence-electron chi connectivity index (χ1n) is 7.02. The molecule has 2 fully saturated rings. The Morgan fingerprint density at radius 2 is 2.11 bits per heavy atom. The topological polar surface area (TPSA) is 62.8 Å². The molecule has 1 unspecified atom stereocenters. The molecule has 0 aromatic carbocycles. The summed E-state index contributed by atoms with van der Waals surface area (Å²) in [7, 11) is 0. The summed E-state index contributed by atoms with van der Waals surface area (Å²) in [5.41, 5.74) is -0.0540. The minimum atomic E-state index is -0.353. The van der Waals surface area contributed by atoms with Gasteiger partial charge in [0.15, 0.2) is 0 Å². The predicted octanol–water partition coefficient (Wildman–Crippen LogP) is -0.798. The second-order valence-electron chi connectivity index (χ2n) is 5.69. The molecule has 0 saturated carbocycles. The van der Waals surface area contributed by atoms with Crippen LogP contribution in [0.1, 0.15) is 13.8 Å². The Morgan fingerprint density at radius 1 is 1.37 bits per heavy atom. The molecule has 0 bridgehead atoms. The highest BCUT2D eigenvalue weighted by molar-refractivity contribution is 5.81. The maximum Gasteiger partial charge on any atom is 0.250 e. The first kappa shape index (κ1) is 14.7. The summed E-state index contributed by atoms with van der Waals surface area (Å²) < 4.78 is 10.8. The number of ether oxygens (including phenoxy) is 2. The zero-order valence-corrected chi connectivity index (χ0v) is 11.9. The third-order valence-corrected chi connectivity index (χ3v) is 3.78. The zero-order chi connectivity index (χ0) is 13.7. The van der Waals surface area contributed by atoms with Crippen molar-refractivity contribution < 1.29 is 14.3 Å². The average Bonchev–Trinajstić information content (AvgIpc) is 2.47. The molecule has 0 aromatic rings. The van der Waals surface area contributed by atoms with Gasteiger partial charge < -0.3 is 20.1 Å². The van der Waals surface area contributed by atoms with Gasteiger partial charge in [-0.05, 0) is 13.8 Å². The fourth-order valence-electron chi connectivity index (χ4n) is 2.43. The van der Waals surface area contributed by atoms with E-state index in [-0.39, 0.29) is 17.6 Å². The Kier molecular flexibility index (Phi) is 5.15. The zero-order valence-electron chi connectivity index (χ0n) is 11.9. The summed E-state index contributed by atoms with van der Waals surface area (Å²) >= 11 is 0. The maximum absolute atomic E-state index is 12.0. The van der Waals surface area contributed by atoms with Crippen LogP contribution in [0.25, 0.3) is 0 Å². The second kappa shape index (κ2) is 6.65. The molecule has 2 aliphatic heterocycles. The molecular weight excluding hydrogens is 246 g/mol. The molecule has 0 aliphatic carbocycles. The van der Waals surface area contributed by atoms with Crippen LogP contribution >= 0.6 is 0 Å². The molecule has 0 spiro atoms. The molecule has 2 rings (SSSR count). The predicted molar refractivity (Wildman–Crippen MR) is 72.1 cm³/mol. The molecule has 6 heteroatoms. The molecular formula is C13H25N3O3. The number of hydrogen-bond donors (Lipinski definition) is 2. The summed E-state index contributed by atoms with van der Waals surface area (Å²) in [5, 5.41) is 6.17. The van der Waals surface area contributed by atoms with Gasteiger partial charge in [0.2, 0.25) is 0 Å². The van der Waals surface area contributed by atoms with Crippen LogP contribution in [0.15, 0.2) is 0 Å². The van der Waals surface area contributed by atoms with Crippen molar-refractivity contribution >= 4 is 5.91 Å². The lowest BCUT2D eigenvalue weighted by Gasteiger charge is -2.41. The van der Waals surface area contributed by atoms with E-state index in [1.807, 2.05) is 0 Å². The Balaban J connectivity index is 1.77. The molecule has 0 radical (unpaired) electrons. The lowest BCUT2D eigenvalue weighted by Crippen LogP contribution is -2.57. The van der Waals surface area contributed by atoms with E-state index in [0.29, 0.717) is 19.7 Å². The number of amides is 1. The molecule has 2 N–H and O–H groups in total. The van der Waals surface area contributed by atoms with Gasteiger partial charge in [0, 0.05) is 38.3 Å². The van der Waals surface area contributed by atoms with Crippen LogP contribution in [0.2, 0.25) is 0 Å². The van der Waals surface area contributed by atoms with Gasteiger partial charge in [-0.15, -0.1) is 0 Å². The number of carbonyl (C=O) groups excluding carboxylic acids is 1. The van der Waals surface area contributed by atoms with E-state index in [1.165, 1.54) is 0 Å². The lowest BCUT2D eigenvalue weighted by molar-refractivity contribution is -0.135. The summed E-state index contributed by atoms with van der Waals surface area (Å²) in [6.45, 7) is 10.3. The summed E-state index contributed by atoms with van der Waals surface area (Å²) in [5.74, 6) is -0.0199. The average molecular weight is 271 g/mol. The highest BCUT2D eigenvalue weighted by Crippen LogP contribution is 2.15. The molecule has 2 aliphatic rings. The molecule has 110 valence electrons. The van der Waals surface area contributed by atoms with Crippen molar-refractivity contribution in [2.75, 3.05) is 52.5 Å². The standard InChI is InChI=1S/C13H25N3O3/c1-13(2,16-4-7-18-8-5-16)10-15-12(17)11-9-14-3-6-19-11/h11,14H,3-10H2,1-2H3,(H,15,17). The van der Waals surface area contributed by atoms with Crippen LogP contribution in [-0.2, 0) is 14.3 Å². The fourth-order valence-corrected chi connectivity index (χ4v) is 2.43. The van der Waals surface area contributed by atoms with Crippen molar-refractivity contribution in [3.8, 4) is 0 Å². The Hall–Kier alpha value is -0.690. The van der Waals surface area contributed by atoms with Crippen LogP contribution in [0.3, 0.4) is 0 Å². The Labute approximate surface area is 114 Å². The molecule has 19 heavy (non-hydrogen) atoms. The van der Waals surface area contributed by atoms with Crippen LogP contribution in [0.4, 0.5) is 0 Å². The van der Waals surface area contributed by atoms with E-state index in [4.69, 9.17) is 9.47 Å². The summed E-state index contributed by atoms with van der Waals surface area (Å²) in [4.78, 5) is 14.4. The quantitative estimate of drug-likeness (QED) is 0.701. The van der Waals surface area contributed by atoms with Gasteiger partial charge >= 0.3 is 0 Å². The second-order valence-corrected chi connectivity index (χ2v) is 5.69. The SMILES string of the molecule is CC(C)(CNC(=O)C1CNCCO1)N1CCOCC1. The van der Waals surface area contributed by atoms with Crippen LogP contribution in [0.5, 0.6) is 0 Å². The summed E-state index contributed by atoms with van der Waals surface area (Å²) in [6, 6.07) is 0. The molecule has 1 atom stereocenters. The van der Waals surface area contributed by atoms with Crippen LogP contribution in [-0.4, -0.2) is 75.0 Å². The van der Waals surface area contributed by atoms with Gasteiger partial charge in [0.25, 0.3) is 5.91 Å². The minimum absolute atomic E-state index is 0.0199. The smallest absolute Gasteiger partial charge is 0.250 e. The number of nitrogens with zero attached hydrogens (tertiary/aromatic N) is 1. The van der Waals surface area contributed by atoms with E-state index in [2.05, 4.69) is 29.4 Å². The lowest BCUT2D eigenvalue weighted by atomic mass is 10.0. The Morgan fingerprint density at radius 3 is 2.74 bits per heavy atom. The minimum Gasteiger partial charge on any atom is -0.379 e. The normalized spacial score (nSPS) is 26.1. The van der Waals surface area contributed by atoms with Gasteiger partial charge in [-0.25, -0.2) is 0 Å². The van der Waals surface area contributed by atoms with E-state index < -0.39 is 0 Å². The number of morpholine rings is 2. The Bertz CT molecular complexity index is 298. The molecule has 2 heterocycles. The number of rotatable bonds is 4. The molecule has 1 amide bonds. The van der Waals surface area contributed by atoms with E-state index in [1.54, 1.807) is 0 Å². The van der Waals surface area contributed by atoms with Gasteiger partial charge in [0.1, 0.15) is 6.10 Å². The van der Waals surface area contributed by atoms with Crippen LogP contribution in [0, 0.1) is 0 Å². The van der Waals surface area contributed by atoms with Crippen molar-refractivity contribution in [1.29, 1.82) is 0 Å². The molecule has 0 aromatic heterocycles. The third kappa shape index (κ3) is 4.14. The van der Waals surface area contributed by atoms with Gasteiger partial charge in [-0.3, -0.25) is 9.69 Å². The first-order chi connectivity index (χ1) is 9.09. The largest absolute Gasteiger partial charge is 0.379 e. The van der Waals surface area contributed by atoms with Crippen LogP contribution < -0.4 is 10.6 Å². The van der Waals surface area contributed by atoms with E-state index in [0.717, 1.165) is 32.8 Å². The van der Waals surface area contributed by atoms with Crippen molar-refractivity contribution in [2.24, 2.45) is 0 Å². The molecule has 6 nitrogen and oxygen atoms in total. The molecule has 2 saturated heterocycles. The van der Waals surface area contributed by atoms with Crippen molar-refractivity contribution in [2.45, 2.75) is 25.5 Å². The highest BCUT2D eigenvalue weighted by atomic mass is 16.5. The highest BCUT2D eigenvalue weighted by Gasteiger charge is 2.30. The number of carbonyl (C=O) groups is 1. The van der Waals surface area contributed by atoms with E-state index in [9.17, 15) is 4.79 Å². The number of nitrogens with one attached hydrogen (secondary N) is 2. The van der Waals surface area contributed by atoms with Gasteiger partial charge in [0.05, 0.1) is 19.8 Å². The fraction of sp³-hybridized carbons (Fsp3) is 0.923. The maximum atomic E-state index is 12.0.